The summed E-state index contributed by atoms with van der Waals surface area (Å²) in [4.78, 5) is 29.1. The van der Waals surface area contributed by atoms with Crippen molar-refractivity contribution >= 4 is 24.0 Å². The molecule has 0 radical (unpaired) electrons. The second-order valence-electron chi connectivity index (χ2n) is 10.6. The van der Waals surface area contributed by atoms with E-state index in [2.05, 4.69) is 25.8 Å². The van der Waals surface area contributed by atoms with E-state index >= 15 is 0 Å². The van der Waals surface area contributed by atoms with Crippen molar-refractivity contribution in [1.29, 1.82) is 0 Å². The molecule has 2 atom stereocenters. The molecule has 2 aliphatic carbocycles. The number of phenolic OH excluding ortho intramolecular Hbond substituents is 1. The molecule has 2 fully saturated rings. The molecule has 1 aromatic heterocycles. The maximum atomic E-state index is 12.6. The molecule has 2 aliphatic rings. The van der Waals surface area contributed by atoms with E-state index < -0.39 is 5.91 Å². The fraction of sp³-hybridized carbons (Fsp3) is 0.556. The SMILES string of the molecule is COc1cc(O)c(/C=N/C(C)C)c(OCC(=O)Nc2cc([C@H]3CC[C@@H](OC(=O)NC4(C)CCC4)C3)[nH]n2)c1. The maximum Gasteiger partial charge on any atom is 0.407 e. The zero-order valence-electron chi connectivity index (χ0n) is 22.4. The zero-order chi connectivity index (χ0) is 27.3. The highest BCUT2D eigenvalue weighted by Gasteiger charge is 2.36. The third kappa shape index (κ3) is 6.96. The summed E-state index contributed by atoms with van der Waals surface area (Å²) >= 11 is 0. The smallest absolute Gasteiger partial charge is 0.407 e. The Hall–Kier alpha value is -3.76. The second-order valence-corrected chi connectivity index (χ2v) is 10.6. The maximum absolute atomic E-state index is 12.6. The minimum Gasteiger partial charge on any atom is -0.507 e. The van der Waals surface area contributed by atoms with Gasteiger partial charge in [0.1, 0.15) is 23.4 Å². The fourth-order valence-corrected chi connectivity index (χ4v) is 4.70. The molecule has 0 bridgehead atoms. The van der Waals surface area contributed by atoms with Crippen LogP contribution in [0.3, 0.4) is 0 Å². The Morgan fingerprint density at radius 1 is 1.29 bits per heavy atom. The molecule has 0 spiro atoms. The van der Waals surface area contributed by atoms with Crippen molar-refractivity contribution in [3.63, 3.8) is 0 Å². The Morgan fingerprint density at radius 2 is 2.08 bits per heavy atom. The van der Waals surface area contributed by atoms with Crippen molar-refractivity contribution in [3.05, 3.63) is 29.5 Å². The first-order valence-electron chi connectivity index (χ1n) is 13.0. The van der Waals surface area contributed by atoms with E-state index in [0.717, 1.165) is 37.8 Å². The number of rotatable bonds is 10. The van der Waals surface area contributed by atoms with Gasteiger partial charge < -0.3 is 30.0 Å². The van der Waals surface area contributed by atoms with E-state index in [1.54, 1.807) is 12.1 Å². The summed E-state index contributed by atoms with van der Waals surface area (Å²) in [6.07, 6.45) is 6.45. The van der Waals surface area contributed by atoms with Gasteiger partial charge in [-0.2, -0.15) is 5.10 Å². The molecule has 0 aliphatic heterocycles. The van der Waals surface area contributed by atoms with Gasteiger partial charge in [0.25, 0.3) is 5.91 Å². The number of anilines is 1. The summed E-state index contributed by atoms with van der Waals surface area (Å²) in [6, 6.07) is 4.86. The molecule has 4 rings (SSSR count). The largest absolute Gasteiger partial charge is 0.507 e. The third-order valence-electron chi connectivity index (χ3n) is 7.01. The molecule has 38 heavy (non-hydrogen) atoms. The molecule has 11 heteroatoms. The summed E-state index contributed by atoms with van der Waals surface area (Å²) in [6.45, 7) is 5.57. The van der Waals surface area contributed by atoms with Gasteiger partial charge in [-0.25, -0.2) is 4.79 Å². The highest BCUT2D eigenvalue weighted by atomic mass is 16.6. The first-order valence-corrected chi connectivity index (χ1v) is 13.0. The van der Waals surface area contributed by atoms with Crippen LogP contribution in [0.1, 0.15) is 76.5 Å². The number of phenols is 1. The van der Waals surface area contributed by atoms with Crippen LogP contribution in [0, 0.1) is 0 Å². The van der Waals surface area contributed by atoms with Gasteiger partial charge in [0.15, 0.2) is 12.4 Å². The lowest BCUT2D eigenvalue weighted by Crippen LogP contribution is -2.51. The number of ether oxygens (including phenoxy) is 3. The van der Waals surface area contributed by atoms with Crippen LogP contribution in [0.4, 0.5) is 10.6 Å². The topological polar surface area (TPSA) is 147 Å². The first-order chi connectivity index (χ1) is 18.1. The molecule has 4 N–H and O–H groups in total. The number of aliphatic imine (C=N–C) groups is 1. The standard InChI is InChI=1S/C27H37N5O6/c1-16(2)28-14-20-22(33)11-19(36-4)12-23(20)37-15-25(34)29-24-13-21(31-32-24)17-6-7-18(10-17)38-26(35)30-27(3)8-5-9-27/h11-14,16-18,33H,5-10,15H2,1-4H3,(H,30,35)(H2,29,31,32,34)/b28-14+/t17-,18+/m0/s1. The lowest BCUT2D eigenvalue weighted by atomic mass is 9.79. The molecular formula is C27H37N5O6. The van der Waals surface area contributed by atoms with Crippen molar-refractivity contribution in [2.75, 3.05) is 19.0 Å². The normalized spacial score (nSPS) is 20.2. The van der Waals surface area contributed by atoms with Crippen LogP contribution in [0.2, 0.25) is 0 Å². The lowest BCUT2D eigenvalue weighted by molar-refractivity contribution is -0.118. The zero-order valence-corrected chi connectivity index (χ0v) is 22.4. The number of alkyl carbamates (subject to hydrolysis) is 1. The predicted octanol–water partition coefficient (Wildman–Crippen LogP) is 4.27. The first kappa shape index (κ1) is 27.3. The van der Waals surface area contributed by atoms with Crippen LogP contribution in [-0.2, 0) is 9.53 Å². The average Bonchev–Trinajstić information content (AvgIpc) is 3.50. The van der Waals surface area contributed by atoms with E-state index in [9.17, 15) is 14.7 Å². The van der Waals surface area contributed by atoms with Gasteiger partial charge in [0.05, 0.1) is 12.7 Å². The highest BCUT2D eigenvalue weighted by Crippen LogP contribution is 2.37. The van der Waals surface area contributed by atoms with Crippen LogP contribution >= 0.6 is 0 Å². The van der Waals surface area contributed by atoms with Crippen LogP contribution in [0.5, 0.6) is 17.2 Å². The number of hydrogen-bond acceptors (Lipinski definition) is 8. The van der Waals surface area contributed by atoms with Gasteiger partial charge in [0.2, 0.25) is 0 Å². The number of carbonyl (C=O) groups is 2. The van der Waals surface area contributed by atoms with Gasteiger partial charge in [-0.1, -0.05) is 0 Å². The number of nitrogens with zero attached hydrogens (tertiary/aromatic N) is 2. The minimum absolute atomic E-state index is 0.0242. The highest BCUT2D eigenvalue weighted by molar-refractivity contribution is 5.92. The van der Waals surface area contributed by atoms with Crippen LogP contribution in [0.25, 0.3) is 0 Å². The van der Waals surface area contributed by atoms with Crippen molar-refractivity contribution in [2.45, 2.75) is 82.9 Å². The van der Waals surface area contributed by atoms with E-state index in [-0.39, 0.29) is 47.8 Å². The number of aromatic nitrogens is 2. The Bertz CT molecular complexity index is 1170. The number of carbonyl (C=O) groups excluding carboxylic acids is 2. The van der Waals surface area contributed by atoms with Crippen LogP contribution < -0.4 is 20.1 Å². The molecular weight excluding hydrogens is 490 g/mol. The number of aromatic hydroxyl groups is 1. The molecule has 1 aromatic carbocycles. The van der Waals surface area contributed by atoms with Gasteiger partial charge in [-0.15, -0.1) is 0 Å². The van der Waals surface area contributed by atoms with Gasteiger partial charge in [-0.3, -0.25) is 14.9 Å². The van der Waals surface area contributed by atoms with E-state index in [4.69, 9.17) is 14.2 Å². The average molecular weight is 528 g/mol. The Labute approximate surface area is 222 Å². The summed E-state index contributed by atoms with van der Waals surface area (Å²) in [7, 11) is 1.48. The predicted molar refractivity (Wildman–Crippen MR) is 142 cm³/mol. The Balaban J connectivity index is 1.29. The van der Waals surface area contributed by atoms with Crippen LogP contribution in [-0.4, -0.2) is 64.9 Å². The number of amides is 2. The summed E-state index contributed by atoms with van der Waals surface area (Å²) in [5.74, 6) is 0.731. The van der Waals surface area contributed by atoms with Gasteiger partial charge >= 0.3 is 6.09 Å². The van der Waals surface area contributed by atoms with Crippen molar-refractivity contribution in [2.24, 2.45) is 4.99 Å². The van der Waals surface area contributed by atoms with Crippen molar-refractivity contribution < 1.29 is 28.9 Å². The van der Waals surface area contributed by atoms with E-state index in [1.165, 1.54) is 19.4 Å². The second kappa shape index (κ2) is 11.7. The number of nitrogens with one attached hydrogen (secondary N) is 3. The monoisotopic (exact) mass is 527 g/mol. The number of hydrogen-bond donors (Lipinski definition) is 4. The third-order valence-corrected chi connectivity index (χ3v) is 7.01. The molecule has 2 saturated carbocycles. The summed E-state index contributed by atoms with van der Waals surface area (Å²) in [5.41, 5.74) is 1.11. The molecule has 2 amide bonds. The van der Waals surface area contributed by atoms with Crippen molar-refractivity contribution in [3.8, 4) is 17.2 Å². The number of H-pyrrole nitrogens is 1. The van der Waals surface area contributed by atoms with E-state index in [0.29, 0.717) is 23.6 Å². The number of benzene rings is 1. The molecule has 0 saturated heterocycles. The molecule has 11 nitrogen and oxygen atoms in total. The Morgan fingerprint density at radius 3 is 2.76 bits per heavy atom. The molecule has 0 unspecified atom stereocenters. The molecule has 2 aromatic rings. The van der Waals surface area contributed by atoms with E-state index in [1.807, 2.05) is 20.8 Å². The van der Waals surface area contributed by atoms with Crippen molar-refractivity contribution in [1.82, 2.24) is 15.5 Å². The fourth-order valence-electron chi connectivity index (χ4n) is 4.70. The minimum atomic E-state index is -0.411. The quantitative estimate of drug-likeness (QED) is 0.337. The molecule has 206 valence electrons. The Kier molecular flexibility index (Phi) is 8.43. The van der Waals surface area contributed by atoms with Gasteiger partial charge in [0, 0.05) is 47.6 Å². The van der Waals surface area contributed by atoms with Gasteiger partial charge in [-0.05, 0) is 59.3 Å². The summed E-state index contributed by atoms with van der Waals surface area (Å²) in [5, 5.41) is 23.2. The number of aromatic amines is 1. The number of methoxy groups -OCH3 is 1. The molecule has 1 heterocycles. The lowest BCUT2D eigenvalue weighted by Gasteiger charge is -2.38. The van der Waals surface area contributed by atoms with Crippen LogP contribution in [0.15, 0.2) is 23.2 Å². The summed E-state index contributed by atoms with van der Waals surface area (Å²) < 4.78 is 16.5.